The summed E-state index contributed by atoms with van der Waals surface area (Å²) < 4.78 is 4.77. The van der Waals surface area contributed by atoms with Gasteiger partial charge in [0.2, 0.25) is 0 Å². The fourth-order valence-corrected chi connectivity index (χ4v) is 2.78. The third kappa shape index (κ3) is 4.30. The number of rotatable bonds is 5. The van der Waals surface area contributed by atoms with Crippen LogP contribution in [0.25, 0.3) is 0 Å². The molecule has 2 amide bonds. The Morgan fingerprint density at radius 3 is 2.74 bits per heavy atom. The molecule has 19 heavy (non-hydrogen) atoms. The summed E-state index contributed by atoms with van der Waals surface area (Å²) in [6.45, 7) is 2.23. The molecule has 108 valence electrons. The largest absolute Gasteiger partial charge is 0.480 e. The minimum atomic E-state index is -1.00. The number of nitrogens with zero attached hydrogens (tertiary/aromatic N) is 2. The summed E-state index contributed by atoms with van der Waals surface area (Å²) in [5.74, 6) is -0.614. The van der Waals surface area contributed by atoms with Crippen molar-refractivity contribution in [3.63, 3.8) is 0 Å². The number of carboxylic acid groups (broad SMARTS) is 1. The Morgan fingerprint density at radius 2 is 2.16 bits per heavy atom. The second kappa shape index (κ2) is 7.22. The summed E-state index contributed by atoms with van der Waals surface area (Å²) >= 11 is 1.40. The number of esters is 1. The van der Waals surface area contributed by atoms with E-state index < -0.39 is 12.0 Å². The second-order valence-electron chi connectivity index (χ2n) is 4.08. The van der Waals surface area contributed by atoms with Crippen molar-refractivity contribution in [1.29, 1.82) is 0 Å². The summed E-state index contributed by atoms with van der Waals surface area (Å²) in [6.07, 6.45) is 0.106. The van der Waals surface area contributed by atoms with Gasteiger partial charge in [0.15, 0.2) is 0 Å². The molecule has 1 aliphatic rings. The van der Waals surface area contributed by atoms with Gasteiger partial charge in [-0.3, -0.25) is 4.79 Å². The molecule has 0 saturated carbocycles. The standard InChI is InChI=1S/C11H18N2O5S/c1-3-18-9(14)4-5-12(2)11(17)13-7-19-6-8(13)10(15)16/h8H,3-7H2,1-2H3,(H,15,16)/t8-/m0/s1. The van der Waals surface area contributed by atoms with Crippen LogP contribution in [-0.4, -0.2) is 70.7 Å². The molecular weight excluding hydrogens is 272 g/mol. The fourth-order valence-electron chi connectivity index (χ4n) is 1.64. The van der Waals surface area contributed by atoms with Gasteiger partial charge in [-0.15, -0.1) is 11.8 Å². The highest BCUT2D eigenvalue weighted by atomic mass is 32.2. The summed E-state index contributed by atoms with van der Waals surface area (Å²) in [5, 5.41) is 9.00. The Kier molecular flexibility index (Phi) is 5.94. The van der Waals surface area contributed by atoms with Gasteiger partial charge in [-0.25, -0.2) is 9.59 Å². The van der Waals surface area contributed by atoms with E-state index in [-0.39, 0.29) is 25.0 Å². The van der Waals surface area contributed by atoms with E-state index in [9.17, 15) is 14.4 Å². The number of amides is 2. The van der Waals surface area contributed by atoms with Crippen molar-refractivity contribution in [3.8, 4) is 0 Å². The molecular formula is C11H18N2O5S. The number of carbonyl (C=O) groups excluding carboxylic acids is 2. The van der Waals surface area contributed by atoms with E-state index in [0.717, 1.165) is 0 Å². The lowest BCUT2D eigenvalue weighted by Crippen LogP contribution is -2.47. The molecule has 0 unspecified atom stereocenters. The van der Waals surface area contributed by atoms with Crippen LogP contribution in [0.3, 0.4) is 0 Å². The van der Waals surface area contributed by atoms with Crippen molar-refractivity contribution < 1.29 is 24.2 Å². The Balaban J connectivity index is 2.47. The third-order valence-corrected chi connectivity index (χ3v) is 3.71. The number of aliphatic carboxylic acids is 1. The quantitative estimate of drug-likeness (QED) is 0.740. The van der Waals surface area contributed by atoms with Crippen LogP contribution in [0, 0.1) is 0 Å². The first-order valence-corrected chi connectivity index (χ1v) is 7.10. The second-order valence-corrected chi connectivity index (χ2v) is 5.08. The van der Waals surface area contributed by atoms with Crippen LogP contribution in [-0.2, 0) is 14.3 Å². The first kappa shape index (κ1) is 15.6. The molecule has 1 saturated heterocycles. The van der Waals surface area contributed by atoms with Crippen LogP contribution in [0.15, 0.2) is 0 Å². The van der Waals surface area contributed by atoms with Crippen LogP contribution in [0.4, 0.5) is 4.79 Å². The van der Waals surface area contributed by atoms with Crippen molar-refractivity contribution in [2.75, 3.05) is 31.8 Å². The highest BCUT2D eigenvalue weighted by Crippen LogP contribution is 2.22. The Labute approximate surface area is 115 Å². The van der Waals surface area contributed by atoms with Crippen LogP contribution in [0.5, 0.6) is 0 Å². The van der Waals surface area contributed by atoms with Gasteiger partial charge in [-0.2, -0.15) is 0 Å². The molecule has 0 aromatic rings. The van der Waals surface area contributed by atoms with Crippen molar-refractivity contribution >= 4 is 29.7 Å². The summed E-state index contributed by atoms with van der Waals surface area (Å²) in [7, 11) is 1.55. The SMILES string of the molecule is CCOC(=O)CCN(C)C(=O)N1CSC[C@H]1C(=O)O. The Morgan fingerprint density at radius 1 is 1.47 bits per heavy atom. The third-order valence-electron chi connectivity index (χ3n) is 2.70. The molecule has 1 N–H and O–H groups in total. The minimum absolute atomic E-state index is 0.106. The molecule has 1 atom stereocenters. The number of carbonyl (C=O) groups is 3. The lowest BCUT2D eigenvalue weighted by atomic mass is 10.3. The highest BCUT2D eigenvalue weighted by molar-refractivity contribution is 7.99. The zero-order valence-corrected chi connectivity index (χ0v) is 11.8. The van der Waals surface area contributed by atoms with Crippen LogP contribution in [0.2, 0.25) is 0 Å². The van der Waals surface area contributed by atoms with Crippen LogP contribution in [0.1, 0.15) is 13.3 Å². The first-order valence-electron chi connectivity index (χ1n) is 5.95. The van der Waals surface area contributed by atoms with Crippen molar-refractivity contribution in [1.82, 2.24) is 9.80 Å². The Bertz CT molecular complexity index is 363. The predicted molar refractivity (Wildman–Crippen MR) is 69.9 cm³/mol. The Hall–Kier alpha value is -1.44. The summed E-state index contributed by atoms with van der Waals surface area (Å²) in [4.78, 5) is 36.9. The molecule has 0 aromatic carbocycles. The number of urea groups is 1. The van der Waals surface area contributed by atoms with Crippen LogP contribution < -0.4 is 0 Å². The summed E-state index contributed by atoms with van der Waals surface area (Å²) in [6, 6.07) is -1.16. The average Bonchev–Trinajstić information content (AvgIpc) is 2.84. The van der Waals surface area contributed by atoms with E-state index in [0.29, 0.717) is 18.2 Å². The lowest BCUT2D eigenvalue weighted by molar-refractivity contribution is -0.144. The molecule has 1 heterocycles. The van der Waals surface area contributed by atoms with E-state index in [4.69, 9.17) is 9.84 Å². The van der Waals surface area contributed by atoms with Crippen molar-refractivity contribution in [3.05, 3.63) is 0 Å². The van der Waals surface area contributed by atoms with E-state index in [1.54, 1.807) is 14.0 Å². The molecule has 0 bridgehead atoms. The predicted octanol–water partition coefficient (Wildman–Crippen LogP) is 0.451. The smallest absolute Gasteiger partial charge is 0.327 e. The number of thioether (sulfide) groups is 1. The van der Waals surface area contributed by atoms with Crippen molar-refractivity contribution in [2.45, 2.75) is 19.4 Å². The molecule has 1 fully saturated rings. The summed E-state index contributed by atoms with van der Waals surface area (Å²) in [5.41, 5.74) is 0. The van der Waals surface area contributed by atoms with E-state index in [1.807, 2.05) is 0 Å². The zero-order chi connectivity index (χ0) is 14.4. The maximum absolute atomic E-state index is 12.1. The zero-order valence-electron chi connectivity index (χ0n) is 11.0. The van der Waals surface area contributed by atoms with Crippen LogP contribution >= 0.6 is 11.8 Å². The topological polar surface area (TPSA) is 87.2 Å². The maximum atomic E-state index is 12.1. The molecule has 7 nitrogen and oxygen atoms in total. The molecule has 8 heteroatoms. The normalized spacial score (nSPS) is 18.2. The molecule has 1 aliphatic heterocycles. The monoisotopic (exact) mass is 290 g/mol. The van der Waals surface area contributed by atoms with Gasteiger partial charge in [0.1, 0.15) is 6.04 Å². The highest BCUT2D eigenvalue weighted by Gasteiger charge is 2.35. The van der Waals surface area contributed by atoms with Gasteiger partial charge in [0.25, 0.3) is 0 Å². The first-order chi connectivity index (χ1) is 8.97. The molecule has 1 rings (SSSR count). The van der Waals surface area contributed by atoms with E-state index >= 15 is 0 Å². The number of ether oxygens (including phenoxy) is 1. The average molecular weight is 290 g/mol. The molecule has 0 radical (unpaired) electrons. The van der Waals surface area contributed by atoms with Gasteiger partial charge in [-0.05, 0) is 6.92 Å². The van der Waals surface area contributed by atoms with E-state index in [1.165, 1.54) is 21.6 Å². The molecule has 0 aliphatic carbocycles. The maximum Gasteiger partial charge on any atom is 0.327 e. The van der Waals surface area contributed by atoms with Gasteiger partial charge in [0, 0.05) is 19.3 Å². The molecule has 0 aromatic heterocycles. The van der Waals surface area contributed by atoms with Gasteiger partial charge in [-0.1, -0.05) is 0 Å². The molecule has 0 spiro atoms. The van der Waals surface area contributed by atoms with Gasteiger partial charge >= 0.3 is 18.0 Å². The lowest BCUT2D eigenvalue weighted by Gasteiger charge is -2.26. The number of hydrogen-bond acceptors (Lipinski definition) is 5. The van der Waals surface area contributed by atoms with Gasteiger partial charge in [0.05, 0.1) is 18.9 Å². The van der Waals surface area contributed by atoms with E-state index in [2.05, 4.69) is 0 Å². The van der Waals surface area contributed by atoms with Gasteiger partial charge < -0.3 is 19.6 Å². The fraction of sp³-hybridized carbons (Fsp3) is 0.727. The number of carboxylic acids is 1. The minimum Gasteiger partial charge on any atom is -0.480 e. The van der Waals surface area contributed by atoms with Crippen molar-refractivity contribution in [2.24, 2.45) is 0 Å². The number of hydrogen-bond donors (Lipinski definition) is 1.